The third-order valence-electron chi connectivity index (χ3n) is 2.89. The number of hydrogen-bond acceptors (Lipinski definition) is 3. The van der Waals surface area contributed by atoms with Crippen molar-refractivity contribution in [1.82, 2.24) is 5.32 Å². The van der Waals surface area contributed by atoms with Gasteiger partial charge in [-0.25, -0.2) is 0 Å². The molecule has 18 heavy (non-hydrogen) atoms. The SMILES string of the molecule is COc1ccc(CCCCNC(C)C)cc1OC. The molecule has 0 radical (unpaired) electrons. The van der Waals surface area contributed by atoms with Gasteiger partial charge in [0.05, 0.1) is 14.2 Å². The number of rotatable bonds is 8. The van der Waals surface area contributed by atoms with E-state index in [0.29, 0.717) is 6.04 Å². The Bertz CT molecular complexity index is 350. The van der Waals surface area contributed by atoms with Gasteiger partial charge < -0.3 is 14.8 Å². The molecule has 1 rings (SSSR count). The Balaban J connectivity index is 2.38. The number of ether oxygens (including phenoxy) is 2. The van der Waals surface area contributed by atoms with Gasteiger partial charge in [-0.3, -0.25) is 0 Å². The van der Waals surface area contributed by atoms with Crippen LogP contribution in [0.5, 0.6) is 11.5 Å². The summed E-state index contributed by atoms with van der Waals surface area (Å²) in [6.45, 7) is 5.44. The Morgan fingerprint density at radius 2 is 1.78 bits per heavy atom. The largest absolute Gasteiger partial charge is 0.493 e. The first-order chi connectivity index (χ1) is 8.67. The minimum Gasteiger partial charge on any atom is -0.493 e. The molecule has 3 heteroatoms. The second-order valence-corrected chi connectivity index (χ2v) is 4.76. The van der Waals surface area contributed by atoms with Crippen LogP contribution in [0.1, 0.15) is 32.3 Å². The molecule has 0 heterocycles. The highest BCUT2D eigenvalue weighted by molar-refractivity contribution is 5.42. The molecule has 0 saturated carbocycles. The summed E-state index contributed by atoms with van der Waals surface area (Å²) in [6, 6.07) is 6.72. The minimum absolute atomic E-state index is 0.575. The third-order valence-corrected chi connectivity index (χ3v) is 2.89. The maximum Gasteiger partial charge on any atom is 0.160 e. The molecule has 0 saturated heterocycles. The summed E-state index contributed by atoms with van der Waals surface area (Å²) in [6.07, 6.45) is 3.47. The predicted octanol–water partition coefficient (Wildman–Crippen LogP) is 3.02. The van der Waals surface area contributed by atoms with Crippen LogP contribution in [0.15, 0.2) is 18.2 Å². The molecule has 0 amide bonds. The molecule has 102 valence electrons. The smallest absolute Gasteiger partial charge is 0.160 e. The molecule has 1 N–H and O–H groups in total. The number of aryl methyl sites for hydroxylation is 1. The Morgan fingerprint density at radius 3 is 2.39 bits per heavy atom. The van der Waals surface area contributed by atoms with Crippen LogP contribution < -0.4 is 14.8 Å². The Kier molecular flexibility index (Phi) is 6.58. The highest BCUT2D eigenvalue weighted by Gasteiger charge is 2.04. The summed E-state index contributed by atoms with van der Waals surface area (Å²) < 4.78 is 10.5. The van der Waals surface area contributed by atoms with Crippen molar-refractivity contribution in [3.05, 3.63) is 23.8 Å². The number of nitrogens with one attached hydrogen (secondary N) is 1. The van der Waals surface area contributed by atoms with Crippen LogP contribution in [0.2, 0.25) is 0 Å². The van der Waals surface area contributed by atoms with Crippen LogP contribution >= 0.6 is 0 Å². The van der Waals surface area contributed by atoms with E-state index in [-0.39, 0.29) is 0 Å². The fourth-order valence-corrected chi connectivity index (χ4v) is 1.88. The van der Waals surface area contributed by atoms with E-state index in [2.05, 4.69) is 31.3 Å². The summed E-state index contributed by atoms with van der Waals surface area (Å²) in [5.41, 5.74) is 1.30. The first-order valence-corrected chi connectivity index (χ1v) is 6.61. The zero-order valence-corrected chi connectivity index (χ0v) is 12.0. The maximum atomic E-state index is 5.30. The molecule has 0 aliphatic heterocycles. The molecule has 0 aliphatic rings. The van der Waals surface area contributed by atoms with E-state index in [4.69, 9.17) is 9.47 Å². The first kappa shape index (κ1) is 14.8. The molecule has 0 aromatic heterocycles. The van der Waals surface area contributed by atoms with Gasteiger partial charge in [0.2, 0.25) is 0 Å². The van der Waals surface area contributed by atoms with Crippen LogP contribution in [-0.2, 0) is 6.42 Å². The minimum atomic E-state index is 0.575. The van der Waals surface area contributed by atoms with Gasteiger partial charge in [0.25, 0.3) is 0 Å². The zero-order chi connectivity index (χ0) is 13.4. The lowest BCUT2D eigenvalue weighted by molar-refractivity contribution is 0.354. The normalized spacial score (nSPS) is 10.7. The van der Waals surface area contributed by atoms with E-state index in [0.717, 1.165) is 24.5 Å². The highest BCUT2D eigenvalue weighted by Crippen LogP contribution is 2.27. The number of unbranched alkanes of at least 4 members (excludes halogenated alkanes) is 1. The monoisotopic (exact) mass is 251 g/mol. The van der Waals surface area contributed by atoms with Crippen molar-refractivity contribution in [1.29, 1.82) is 0 Å². The van der Waals surface area contributed by atoms with E-state index in [1.165, 1.54) is 18.4 Å². The van der Waals surface area contributed by atoms with Gasteiger partial charge in [-0.2, -0.15) is 0 Å². The molecule has 1 aromatic carbocycles. The van der Waals surface area contributed by atoms with Crippen molar-refractivity contribution in [2.24, 2.45) is 0 Å². The van der Waals surface area contributed by atoms with E-state index in [9.17, 15) is 0 Å². The van der Waals surface area contributed by atoms with Crippen molar-refractivity contribution in [3.8, 4) is 11.5 Å². The van der Waals surface area contributed by atoms with Crippen LogP contribution in [0.4, 0.5) is 0 Å². The van der Waals surface area contributed by atoms with Crippen molar-refractivity contribution in [2.45, 2.75) is 39.2 Å². The van der Waals surface area contributed by atoms with Gasteiger partial charge in [0.1, 0.15) is 0 Å². The summed E-state index contributed by atoms with van der Waals surface area (Å²) >= 11 is 0. The summed E-state index contributed by atoms with van der Waals surface area (Å²) in [4.78, 5) is 0. The fraction of sp³-hybridized carbons (Fsp3) is 0.600. The summed E-state index contributed by atoms with van der Waals surface area (Å²) in [5.74, 6) is 1.61. The summed E-state index contributed by atoms with van der Waals surface area (Å²) in [5, 5.41) is 3.43. The topological polar surface area (TPSA) is 30.5 Å². The lowest BCUT2D eigenvalue weighted by Crippen LogP contribution is -2.23. The second kappa shape index (κ2) is 7.98. The fourth-order valence-electron chi connectivity index (χ4n) is 1.88. The van der Waals surface area contributed by atoms with Crippen LogP contribution in [-0.4, -0.2) is 26.8 Å². The standard InChI is InChI=1S/C15H25NO2/c1-12(2)16-10-6-5-7-13-8-9-14(17-3)15(11-13)18-4/h8-9,11-12,16H,5-7,10H2,1-4H3. The number of hydrogen-bond donors (Lipinski definition) is 1. The van der Waals surface area contributed by atoms with Gasteiger partial charge in [0, 0.05) is 6.04 Å². The Morgan fingerprint density at radius 1 is 1.06 bits per heavy atom. The van der Waals surface area contributed by atoms with Gasteiger partial charge in [-0.05, 0) is 43.5 Å². The molecule has 3 nitrogen and oxygen atoms in total. The highest BCUT2D eigenvalue weighted by atomic mass is 16.5. The molecule has 1 aromatic rings. The van der Waals surface area contributed by atoms with Crippen molar-refractivity contribution >= 4 is 0 Å². The average molecular weight is 251 g/mol. The van der Waals surface area contributed by atoms with Crippen LogP contribution in [0, 0.1) is 0 Å². The zero-order valence-electron chi connectivity index (χ0n) is 12.0. The van der Waals surface area contributed by atoms with Gasteiger partial charge in [-0.1, -0.05) is 19.9 Å². The molecule has 0 atom stereocenters. The molecule has 0 unspecified atom stereocenters. The molecular weight excluding hydrogens is 226 g/mol. The van der Waals surface area contributed by atoms with Crippen LogP contribution in [0.3, 0.4) is 0 Å². The maximum absolute atomic E-state index is 5.30. The lowest BCUT2D eigenvalue weighted by atomic mass is 10.1. The van der Waals surface area contributed by atoms with E-state index >= 15 is 0 Å². The van der Waals surface area contributed by atoms with Crippen molar-refractivity contribution in [3.63, 3.8) is 0 Å². The van der Waals surface area contributed by atoms with Crippen LogP contribution in [0.25, 0.3) is 0 Å². The van der Waals surface area contributed by atoms with E-state index in [1.807, 2.05) is 6.07 Å². The predicted molar refractivity (Wildman–Crippen MR) is 75.6 cm³/mol. The van der Waals surface area contributed by atoms with E-state index in [1.54, 1.807) is 14.2 Å². The second-order valence-electron chi connectivity index (χ2n) is 4.76. The molecular formula is C15H25NO2. The third kappa shape index (κ3) is 4.96. The average Bonchev–Trinajstić information content (AvgIpc) is 2.37. The van der Waals surface area contributed by atoms with Gasteiger partial charge in [-0.15, -0.1) is 0 Å². The van der Waals surface area contributed by atoms with Gasteiger partial charge in [0.15, 0.2) is 11.5 Å². The number of benzene rings is 1. The molecule has 0 bridgehead atoms. The lowest BCUT2D eigenvalue weighted by Gasteiger charge is -2.10. The molecule has 0 fully saturated rings. The first-order valence-electron chi connectivity index (χ1n) is 6.61. The van der Waals surface area contributed by atoms with Crippen molar-refractivity contribution < 1.29 is 9.47 Å². The van der Waals surface area contributed by atoms with E-state index < -0.39 is 0 Å². The van der Waals surface area contributed by atoms with Gasteiger partial charge >= 0.3 is 0 Å². The van der Waals surface area contributed by atoms with Crippen molar-refractivity contribution in [2.75, 3.05) is 20.8 Å². The summed E-state index contributed by atoms with van der Waals surface area (Å²) in [7, 11) is 3.34. The Labute approximate surface area is 110 Å². The number of methoxy groups -OCH3 is 2. The quantitative estimate of drug-likeness (QED) is 0.720. The molecule has 0 aliphatic carbocycles. The molecule has 0 spiro atoms. The Hall–Kier alpha value is -1.22.